The Morgan fingerprint density at radius 2 is 1.85 bits per heavy atom. The highest BCUT2D eigenvalue weighted by atomic mass is 35.5. The van der Waals surface area contributed by atoms with Crippen LogP contribution in [-0.2, 0) is 11.3 Å². The summed E-state index contributed by atoms with van der Waals surface area (Å²) in [5.41, 5.74) is 2.81. The molecule has 3 aromatic rings. The Bertz CT molecular complexity index is 900. The maximum atomic E-state index is 12.2. The van der Waals surface area contributed by atoms with Crippen LogP contribution in [0.5, 0.6) is 0 Å². The highest BCUT2D eigenvalue weighted by Crippen LogP contribution is 2.15. The summed E-state index contributed by atoms with van der Waals surface area (Å²) in [6.45, 7) is 4.76. The van der Waals surface area contributed by atoms with E-state index in [4.69, 9.17) is 11.6 Å². The van der Waals surface area contributed by atoms with Gasteiger partial charge in [0, 0.05) is 36.9 Å². The summed E-state index contributed by atoms with van der Waals surface area (Å²) in [4.78, 5) is 24.8. The number of piperazine rings is 1. The van der Waals surface area contributed by atoms with E-state index in [1.807, 2.05) is 36.4 Å². The summed E-state index contributed by atoms with van der Waals surface area (Å²) in [5, 5.41) is 3.52. The largest absolute Gasteiger partial charge is 0.341 e. The minimum atomic E-state index is -0.0111. The van der Waals surface area contributed by atoms with E-state index in [9.17, 15) is 4.79 Å². The van der Waals surface area contributed by atoms with Crippen molar-refractivity contribution >= 4 is 34.2 Å². The highest BCUT2D eigenvalue weighted by molar-refractivity contribution is 6.30. The van der Waals surface area contributed by atoms with Gasteiger partial charge in [-0.05, 0) is 30.3 Å². The lowest BCUT2D eigenvalue weighted by atomic mass is 10.3. The van der Waals surface area contributed by atoms with Gasteiger partial charge in [0.25, 0.3) is 0 Å². The van der Waals surface area contributed by atoms with Crippen LogP contribution in [0.3, 0.4) is 0 Å². The second-order valence-corrected chi connectivity index (χ2v) is 7.25. The van der Waals surface area contributed by atoms with Gasteiger partial charge in [-0.1, -0.05) is 29.8 Å². The summed E-state index contributed by atoms with van der Waals surface area (Å²) < 4.78 is 0. The summed E-state index contributed by atoms with van der Waals surface area (Å²) in [5.74, 6) is 0.978. The van der Waals surface area contributed by atoms with Gasteiger partial charge in [0.1, 0.15) is 5.82 Å². The average Bonchev–Trinajstić information content (AvgIpc) is 3.05. The Labute approximate surface area is 163 Å². The number of rotatable bonds is 5. The van der Waals surface area contributed by atoms with Crippen LogP contribution in [0.25, 0.3) is 11.0 Å². The van der Waals surface area contributed by atoms with Crippen LogP contribution < -0.4 is 5.32 Å². The van der Waals surface area contributed by atoms with E-state index >= 15 is 0 Å². The van der Waals surface area contributed by atoms with E-state index in [0.717, 1.165) is 55.3 Å². The number of aromatic amines is 1. The van der Waals surface area contributed by atoms with Gasteiger partial charge in [-0.25, -0.2) is 4.98 Å². The molecule has 1 amide bonds. The molecule has 0 saturated carbocycles. The minimum absolute atomic E-state index is 0.0111. The summed E-state index contributed by atoms with van der Waals surface area (Å²) >= 11 is 5.95. The first-order chi connectivity index (χ1) is 13.2. The Morgan fingerprint density at radius 3 is 2.63 bits per heavy atom. The van der Waals surface area contributed by atoms with Gasteiger partial charge in [0.05, 0.1) is 24.1 Å². The van der Waals surface area contributed by atoms with Crippen LogP contribution in [0.2, 0.25) is 5.02 Å². The van der Waals surface area contributed by atoms with Crippen LogP contribution in [0.1, 0.15) is 5.82 Å². The molecule has 1 aromatic heterocycles. The SMILES string of the molecule is O=C(CN1CCN(Cc2nc3ccccc3[nH]2)CC1)Nc1cccc(Cl)c1. The number of anilines is 1. The van der Waals surface area contributed by atoms with Crippen molar-refractivity contribution in [1.29, 1.82) is 0 Å². The number of imidazole rings is 1. The van der Waals surface area contributed by atoms with Crippen LogP contribution in [0, 0.1) is 0 Å². The zero-order valence-electron chi connectivity index (χ0n) is 15.0. The quantitative estimate of drug-likeness (QED) is 0.711. The molecule has 0 spiro atoms. The zero-order chi connectivity index (χ0) is 18.6. The number of para-hydroxylation sites is 2. The second kappa shape index (κ2) is 8.08. The molecule has 2 aromatic carbocycles. The van der Waals surface area contributed by atoms with Crippen molar-refractivity contribution in [1.82, 2.24) is 19.8 Å². The molecule has 6 nitrogen and oxygen atoms in total. The fourth-order valence-corrected chi connectivity index (χ4v) is 3.56. The van der Waals surface area contributed by atoms with Gasteiger partial charge in [-0.3, -0.25) is 14.6 Å². The predicted octanol–water partition coefficient (Wildman–Crippen LogP) is 2.97. The van der Waals surface area contributed by atoms with Crippen molar-refractivity contribution in [2.24, 2.45) is 0 Å². The molecule has 27 heavy (non-hydrogen) atoms. The second-order valence-electron chi connectivity index (χ2n) is 6.81. The van der Waals surface area contributed by atoms with E-state index in [0.29, 0.717) is 11.6 Å². The number of hydrogen-bond acceptors (Lipinski definition) is 4. The average molecular weight is 384 g/mol. The van der Waals surface area contributed by atoms with Crippen molar-refractivity contribution in [2.45, 2.75) is 6.54 Å². The first-order valence-electron chi connectivity index (χ1n) is 9.09. The Balaban J connectivity index is 1.25. The third kappa shape index (κ3) is 4.66. The van der Waals surface area contributed by atoms with E-state index in [2.05, 4.69) is 25.1 Å². The molecule has 2 N–H and O–H groups in total. The maximum absolute atomic E-state index is 12.2. The lowest BCUT2D eigenvalue weighted by molar-refractivity contribution is -0.117. The molecule has 1 fully saturated rings. The van der Waals surface area contributed by atoms with E-state index < -0.39 is 0 Å². The summed E-state index contributed by atoms with van der Waals surface area (Å²) in [7, 11) is 0. The topological polar surface area (TPSA) is 64.3 Å². The molecule has 0 aliphatic carbocycles. The van der Waals surface area contributed by atoms with Gasteiger partial charge in [0.15, 0.2) is 0 Å². The Hall–Kier alpha value is -2.41. The number of nitrogens with zero attached hydrogens (tertiary/aromatic N) is 3. The molecular weight excluding hydrogens is 362 g/mol. The zero-order valence-corrected chi connectivity index (χ0v) is 15.7. The van der Waals surface area contributed by atoms with Crippen molar-refractivity contribution in [3.63, 3.8) is 0 Å². The van der Waals surface area contributed by atoms with Gasteiger partial charge in [-0.15, -0.1) is 0 Å². The van der Waals surface area contributed by atoms with E-state index in [1.54, 1.807) is 12.1 Å². The predicted molar refractivity (Wildman–Crippen MR) is 108 cm³/mol. The molecule has 0 unspecified atom stereocenters. The minimum Gasteiger partial charge on any atom is -0.341 e. The van der Waals surface area contributed by atoms with Crippen LogP contribution in [-0.4, -0.2) is 58.4 Å². The van der Waals surface area contributed by atoms with Crippen LogP contribution in [0.4, 0.5) is 5.69 Å². The number of hydrogen-bond donors (Lipinski definition) is 2. The number of carbonyl (C=O) groups is 1. The number of benzene rings is 2. The third-order valence-corrected chi connectivity index (χ3v) is 4.99. The Kier molecular flexibility index (Phi) is 5.38. The first kappa shape index (κ1) is 18.0. The van der Waals surface area contributed by atoms with Crippen molar-refractivity contribution in [3.05, 3.63) is 59.4 Å². The van der Waals surface area contributed by atoms with E-state index in [-0.39, 0.29) is 5.91 Å². The summed E-state index contributed by atoms with van der Waals surface area (Å²) in [6, 6.07) is 15.3. The summed E-state index contributed by atoms with van der Waals surface area (Å²) in [6.07, 6.45) is 0. The number of fused-ring (bicyclic) bond motifs is 1. The van der Waals surface area contributed by atoms with Crippen molar-refractivity contribution in [3.8, 4) is 0 Å². The fourth-order valence-electron chi connectivity index (χ4n) is 3.37. The van der Waals surface area contributed by atoms with Gasteiger partial charge < -0.3 is 10.3 Å². The molecule has 1 aliphatic heterocycles. The van der Waals surface area contributed by atoms with Crippen LogP contribution in [0.15, 0.2) is 48.5 Å². The lowest BCUT2D eigenvalue weighted by Crippen LogP contribution is -2.48. The Morgan fingerprint density at radius 1 is 1.07 bits per heavy atom. The van der Waals surface area contributed by atoms with Gasteiger partial charge >= 0.3 is 0 Å². The fraction of sp³-hybridized carbons (Fsp3) is 0.300. The molecule has 4 rings (SSSR count). The van der Waals surface area contributed by atoms with Gasteiger partial charge in [0.2, 0.25) is 5.91 Å². The van der Waals surface area contributed by atoms with Gasteiger partial charge in [-0.2, -0.15) is 0 Å². The molecule has 0 radical (unpaired) electrons. The number of H-pyrrole nitrogens is 1. The molecule has 0 bridgehead atoms. The standard InChI is InChI=1S/C20H22ClN5O/c21-15-4-3-5-16(12-15)22-20(27)14-26-10-8-25(9-11-26)13-19-23-17-6-1-2-7-18(17)24-19/h1-7,12H,8-11,13-14H2,(H,22,27)(H,23,24). The highest BCUT2D eigenvalue weighted by Gasteiger charge is 2.20. The normalized spacial score (nSPS) is 15.9. The molecular formula is C20H22ClN5O. The van der Waals surface area contributed by atoms with Crippen LogP contribution >= 0.6 is 11.6 Å². The molecule has 2 heterocycles. The van der Waals surface area contributed by atoms with Crippen molar-refractivity contribution in [2.75, 3.05) is 38.0 Å². The lowest BCUT2D eigenvalue weighted by Gasteiger charge is -2.33. The number of nitrogens with one attached hydrogen (secondary N) is 2. The smallest absolute Gasteiger partial charge is 0.238 e. The number of aromatic nitrogens is 2. The number of halogens is 1. The monoisotopic (exact) mass is 383 g/mol. The molecule has 1 saturated heterocycles. The molecule has 7 heteroatoms. The molecule has 140 valence electrons. The number of carbonyl (C=O) groups excluding carboxylic acids is 1. The van der Waals surface area contributed by atoms with E-state index in [1.165, 1.54) is 0 Å². The van der Waals surface area contributed by atoms with Crippen molar-refractivity contribution < 1.29 is 4.79 Å². The molecule has 1 aliphatic rings. The molecule has 0 atom stereocenters. The first-order valence-corrected chi connectivity index (χ1v) is 9.47. The maximum Gasteiger partial charge on any atom is 0.238 e. The number of amides is 1. The third-order valence-electron chi connectivity index (χ3n) is 4.75.